The van der Waals surface area contributed by atoms with Crippen molar-refractivity contribution in [1.82, 2.24) is 4.98 Å². The molecule has 1 aromatic heterocycles. The van der Waals surface area contributed by atoms with Crippen LogP contribution < -0.4 is 5.32 Å². The van der Waals surface area contributed by atoms with Crippen LogP contribution in [0, 0.1) is 12.7 Å². The second-order valence-corrected chi connectivity index (χ2v) is 4.69. The highest BCUT2D eigenvalue weighted by atomic mass is 35.5. The normalized spacial score (nSPS) is 10.9. The molecule has 1 N–H and O–H groups in total. The molecule has 0 amide bonds. The number of hydrogen-bond acceptors (Lipinski definition) is 3. The van der Waals surface area contributed by atoms with E-state index in [0.29, 0.717) is 28.3 Å². The Kier molecular flexibility index (Phi) is 3.32. The average Bonchev–Trinajstić information content (AvgIpc) is 2.84. The van der Waals surface area contributed by atoms with E-state index in [-0.39, 0.29) is 11.8 Å². The van der Waals surface area contributed by atoms with Gasteiger partial charge in [0.25, 0.3) is 6.01 Å². The van der Waals surface area contributed by atoms with Crippen LogP contribution in [-0.4, -0.2) is 4.98 Å². The second-order valence-electron chi connectivity index (χ2n) is 4.29. The average molecular weight is 290 g/mol. The second kappa shape index (κ2) is 5.13. The first kappa shape index (κ1) is 12.9. The van der Waals surface area contributed by atoms with E-state index < -0.39 is 0 Å². The number of fused-ring (bicyclic) bond motifs is 1. The van der Waals surface area contributed by atoms with Crippen molar-refractivity contribution in [2.24, 2.45) is 0 Å². The van der Waals surface area contributed by atoms with Gasteiger partial charge in [0.1, 0.15) is 11.3 Å². The van der Waals surface area contributed by atoms with Crippen LogP contribution in [0.2, 0.25) is 5.02 Å². The smallest absolute Gasteiger partial charge is 0.300 e. The van der Waals surface area contributed by atoms with Gasteiger partial charge in [-0.15, -0.1) is 0 Å². The van der Waals surface area contributed by atoms with Gasteiger partial charge in [-0.1, -0.05) is 23.7 Å². The molecule has 0 bridgehead atoms. The molecule has 3 aromatic rings. The summed E-state index contributed by atoms with van der Waals surface area (Å²) in [5.41, 5.74) is 2.26. The highest BCUT2D eigenvalue weighted by Gasteiger charge is 2.11. The number of nitrogens with one attached hydrogen (secondary N) is 1. The van der Waals surface area contributed by atoms with Gasteiger partial charge in [0.05, 0.1) is 10.7 Å². The fraction of sp³-hybridized carbons (Fsp3) is 0.0667. The Morgan fingerprint density at radius 1 is 1.30 bits per heavy atom. The van der Waals surface area contributed by atoms with Gasteiger partial charge in [0.2, 0.25) is 0 Å². The van der Waals surface area contributed by atoms with E-state index in [1.807, 2.05) is 24.3 Å². The molecular weight excluding hydrogens is 279 g/mol. The predicted octanol–water partition coefficient (Wildman–Crippen LogP) is 4.74. The topological polar surface area (TPSA) is 38.1 Å². The standard InChI is InChI=1S/C15H11ClFN2O/c1-2-9-7-10(16)13(8-11(9)17)19-15-18-12-5-3-4-6-14(12)20-15/h3-8H,1-2H2,(H,18,19). The maximum Gasteiger partial charge on any atom is 0.300 e. The summed E-state index contributed by atoms with van der Waals surface area (Å²) in [7, 11) is 0. The Labute approximate surface area is 120 Å². The number of benzene rings is 2. The monoisotopic (exact) mass is 289 g/mol. The third-order valence-electron chi connectivity index (χ3n) is 2.94. The van der Waals surface area contributed by atoms with E-state index >= 15 is 0 Å². The van der Waals surface area contributed by atoms with Crippen LogP contribution in [0.5, 0.6) is 0 Å². The number of anilines is 2. The third-order valence-corrected chi connectivity index (χ3v) is 3.25. The zero-order valence-electron chi connectivity index (χ0n) is 10.5. The van der Waals surface area contributed by atoms with Crippen LogP contribution >= 0.6 is 11.6 Å². The molecule has 3 nitrogen and oxygen atoms in total. The zero-order valence-corrected chi connectivity index (χ0v) is 11.2. The summed E-state index contributed by atoms with van der Waals surface area (Å²) < 4.78 is 19.3. The summed E-state index contributed by atoms with van der Waals surface area (Å²) in [6, 6.07) is 10.5. The quantitative estimate of drug-likeness (QED) is 0.757. The van der Waals surface area contributed by atoms with Gasteiger partial charge >= 0.3 is 0 Å². The van der Waals surface area contributed by atoms with Crippen LogP contribution in [0.15, 0.2) is 40.8 Å². The van der Waals surface area contributed by atoms with Gasteiger partial charge < -0.3 is 9.73 Å². The molecular formula is C15H11ClFN2O. The van der Waals surface area contributed by atoms with Crippen molar-refractivity contribution < 1.29 is 8.81 Å². The minimum Gasteiger partial charge on any atom is -0.423 e. The molecule has 101 valence electrons. The maximum absolute atomic E-state index is 13.7. The Balaban J connectivity index is 1.96. The molecule has 20 heavy (non-hydrogen) atoms. The number of aromatic nitrogens is 1. The van der Waals surface area contributed by atoms with E-state index in [9.17, 15) is 4.39 Å². The van der Waals surface area contributed by atoms with Crippen molar-refractivity contribution in [3.63, 3.8) is 0 Å². The number of nitrogens with zero attached hydrogens (tertiary/aromatic N) is 1. The minimum absolute atomic E-state index is 0.273. The third kappa shape index (κ3) is 2.34. The highest BCUT2D eigenvalue weighted by Crippen LogP contribution is 2.29. The minimum atomic E-state index is -0.358. The van der Waals surface area contributed by atoms with Gasteiger partial charge in [-0.2, -0.15) is 4.98 Å². The number of para-hydroxylation sites is 2. The van der Waals surface area contributed by atoms with Gasteiger partial charge in [0.15, 0.2) is 5.58 Å². The summed E-state index contributed by atoms with van der Waals surface area (Å²) >= 11 is 6.10. The van der Waals surface area contributed by atoms with Gasteiger partial charge in [0, 0.05) is 0 Å². The summed E-state index contributed by atoms with van der Waals surface area (Å²) in [5.74, 6) is -0.358. The van der Waals surface area contributed by atoms with E-state index in [1.165, 1.54) is 6.07 Å². The molecule has 0 saturated carbocycles. The lowest BCUT2D eigenvalue weighted by Crippen LogP contribution is -1.95. The van der Waals surface area contributed by atoms with Crippen molar-refractivity contribution in [3.05, 3.63) is 59.7 Å². The summed E-state index contributed by atoms with van der Waals surface area (Å²) in [6.07, 6.45) is 0.342. The van der Waals surface area contributed by atoms with Crippen molar-refractivity contribution in [1.29, 1.82) is 0 Å². The molecule has 1 heterocycles. The first-order chi connectivity index (χ1) is 9.67. The lowest BCUT2D eigenvalue weighted by molar-refractivity contribution is 0.613. The lowest BCUT2D eigenvalue weighted by Gasteiger charge is -2.07. The molecule has 0 aliphatic rings. The first-order valence-electron chi connectivity index (χ1n) is 6.07. The van der Waals surface area contributed by atoms with E-state index in [4.69, 9.17) is 16.0 Å². The summed E-state index contributed by atoms with van der Waals surface area (Å²) in [4.78, 5) is 4.25. The zero-order chi connectivity index (χ0) is 14.1. The highest BCUT2D eigenvalue weighted by molar-refractivity contribution is 6.33. The number of halogens is 2. The molecule has 0 unspecified atom stereocenters. The van der Waals surface area contributed by atoms with E-state index in [2.05, 4.69) is 17.2 Å². The van der Waals surface area contributed by atoms with Crippen LogP contribution in [0.4, 0.5) is 16.1 Å². The largest absolute Gasteiger partial charge is 0.423 e. The maximum atomic E-state index is 13.7. The molecule has 0 fully saturated rings. The van der Waals surface area contributed by atoms with E-state index in [0.717, 1.165) is 5.52 Å². The Hall–Kier alpha value is -2.07. The predicted molar refractivity (Wildman–Crippen MR) is 77.8 cm³/mol. The first-order valence-corrected chi connectivity index (χ1v) is 6.45. The van der Waals surface area contributed by atoms with Gasteiger partial charge in [-0.05, 0) is 43.2 Å². The number of hydrogen-bond donors (Lipinski definition) is 1. The van der Waals surface area contributed by atoms with E-state index in [1.54, 1.807) is 6.07 Å². The van der Waals surface area contributed by atoms with Crippen LogP contribution in [0.3, 0.4) is 0 Å². The fourth-order valence-corrected chi connectivity index (χ4v) is 2.15. The Morgan fingerprint density at radius 3 is 2.85 bits per heavy atom. The van der Waals surface area contributed by atoms with Crippen molar-refractivity contribution in [3.8, 4) is 0 Å². The number of oxazole rings is 1. The van der Waals surface area contributed by atoms with Crippen molar-refractivity contribution in [2.75, 3.05) is 5.32 Å². The molecule has 0 spiro atoms. The van der Waals surface area contributed by atoms with Gasteiger partial charge in [-0.25, -0.2) is 4.39 Å². The Morgan fingerprint density at radius 2 is 2.10 bits per heavy atom. The SMILES string of the molecule is [CH2]Cc1cc(Cl)c(Nc2nc3ccccc3o2)cc1F. The Bertz CT molecular complexity index is 737. The summed E-state index contributed by atoms with van der Waals surface area (Å²) in [5, 5.41) is 3.28. The van der Waals surface area contributed by atoms with Crippen LogP contribution in [0.25, 0.3) is 11.1 Å². The molecule has 5 heteroatoms. The fourth-order valence-electron chi connectivity index (χ4n) is 1.92. The molecule has 0 atom stereocenters. The molecule has 0 aliphatic carbocycles. The van der Waals surface area contributed by atoms with Crippen molar-refractivity contribution >= 4 is 34.4 Å². The van der Waals surface area contributed by atoms with Crippen LogP contribution in [-0.2, 0) is 6.42 Å². The molecule has 0 saturated heterocycles. The number of rotatable bonds is 3. The molecule has 0 aliphatic heterocycles. The molecule has 3 rings (SSSR count). The van der Waals surface area contributed by atoms with Crippen LogP contribution in [0.1, 0.15) is 5.56 Å². The molecule has 1 radical (unpaired) electrons. The summed E-state index contributed by atoms with van der Waals surface area (Å²) in [6.45, 7) is 3.65. The van der Waals surface area contributed by atoms with Crippen molar-refractivity contribution in [2.45, 2.75) is 6.42 Å². The molecule has 2 aromatic carbocycles. The lowest BCUT2D eigenvalue weighted by atomic mass is 10.1. The van der Waals surface area contributed by atoms with Gasteiger partial charge in [-0.3, -0.25) is 0 Å².